The summed E-state index contributed by atoms with van der Waals surface area (Å²) in [5, 5.41) is 12.1. The van der Waals surface area contributed by atoms with E-state index in [0.29, 0.717) is 25.4 Å². The maximum Gasteiger partial charge on any atom is 0.253 e. The number of nitrogens with zero attached hydrogens (tertiary/aromatic N) is 2. The SMILES string of the molecule is CC(C)CN(CCC#N)C(=O)c1ccc2c(c1)CNCC2. The molecule has 0 saturated heterocycles. The average molecular weight is 285 g/mol. The maximum absolute atomic E-state index is 12.7. The monoisotopic (exact) mass is 285 g/mol. The Hall–Kier alpha value is -1.86. The Morgan fingerprint density at radius 2 is 2.24 bits per heavy atom. The minimum absolute atomic E-state index is 0.0346. The lowest BCUT2D eigenvalue weighted by Crippen LogP contribution is -2.35. The van der Waals surface area contributed by atoms with Gasteiger partial charge < -0.3 is 10.2 Å². The van der Waals surface area contributed by atoms with E-state index in [1.807, 2.05) is 12.1 Å². The van der Waals surface area contributed by atoms with Gasteiger partial charge in [0, 0.05) is 25.2 Å². The van der Waals surface area contributed by atoms with Crippen LogP contribution in [0.4, 0.5) is 0 Å². The summed E-state index contributed by atoms with van der Waals surface area (Å²) in [7, 11) is 0. The molecule has 0 spiro atoms. The largest absolute Gasteiger partial charge is 0.337 e. The van der Waals surface area contributed by atoms with Gasteiger partial charge in [-0.25, -0.2) is 0 Å². The van der Waals surface area contributed by atoms with Crippen molar-refractivity contribution in [1.29, 1.82) is 5.26 Å². The van der Waals surface area contributed by atoms with Crippen molar-refractivity contribution >= 4 is 5.91 Å². The van der Waals surface area contributed by atoms with Gasteiger partial charge in [0.15, 0.2) is 0 Å². The zero-order valence-electron chi connectivity index (χ0n) is 12.9. The Labute approximate surface area is 126 Å². The Morgan fingerprint density at radius 1 is 1.43 bits per heavy atom. The second-order valence-corrected chi connectivity index (χ2v) is 5.96. The number of carbonyl (C=O) groups is 1. The van der Waals surface area contributed by atoms with Gasteiger partial charge in [-0.1, -0.05) is 19.9 Å². The minimum Gasteiger partial charge on any atom is -0.337 e. The van der Waals surface area contributed by atoms with E-state index >= 15 is 0 Å². The third kappa shape index (κ3) is 4.05. The molecule has 21 heavy (non-hydrogen) atoms. The van der Waals surface area contributed by atoms with Crippen LogP contribution in [0.15, 0.2) is 18.2 Å². The normalized spacial score (nSPS) is 13.6. The number of nitriles is 1. The zero-order valence-corrected chi connectivity index (χ0v) is 12.9. The van der Waals surface area contributed by atoms with E-state index in [4.69, 9.17) is 5.26 Å². The first-order chi connectivity index (χ1) is 10.1. The summed E-state index contributed by atoms with van der Waals surface area (Å²) in [5.41, 5.74) is 3.28. The number of benzene rings is 1. The second-order valence-electron chi connectivity index (χ2n) is 5.96. The molecule has 1 aromatic rings. The predicted octanol–water partition coefficient (Wildman–Crippen LogP) is 2.34. The summed E-state index contributed by atoms with van der Waals surface area (Å²) in [6.45, 7) is 7.20. The van der Waals surface area contributed by atoms with Gasteiger partial charge in [0.1, 0.15) is 0 Å². The fraction of sp³-hybridized carbons (Fsp3) is 0.529. The van der Waals surface area contributed by atoms with Gasteiger partial charge in [-0.3, -0.25) is 4.79 Å². The number of nitrogens with one attached hydrogen (secondary N) is 1. The number of hydrogen-bond acceptors (Lipinski definition) is 3. The predicted molar refractivity (Wildman–Crippen MR) is 82.8 cm³/mol. The average Bonchev–Trinajstić information content (AvgIpc) is 2.50. The van der Waals surface area contributed by atoms with Crippen LogP contribution < -0.4 is 5.32 Å². The highest BCUT2D eigenvalue weighted by molar-refractivity contribution is 5.94. The molecule has 0 radical (unpaired) electrons. The fourth-order valence-electron chi connectivity index (χ4n) is 2.70. The third-order valence-electron chi connectivity index (χ3n) is 3.71. The first-order valence-electron chi connectivity index (χ1n) is 7.60. The van der Waals surface area contributed by atoms with Crippen molar-refractivity contribution < 1.29 is 4.79 Å². The second kappa shape index (κ2) is 7.24. The quantitative estimate of drug-likeness (QED) is 0.903. The molecule has 112 valence electrons. The topological polar surface area (TPSA) is 56.1 Å². The van der Waals surface area contributed by atoms with Gasteiger partial charge in [-0.2, -0.15) is 5.26 Å². The highest BCUT2D eigenvalue weighted by Crippen LogP contribution is 2.17. The highest BCUT2D eigenvalue weighted by atomic mass is 16.2. The van der Waals surface area contributed by atoms with Crippen LogP contribution in [0.3, 0.4) is 0 Å². The van der Waals surface area contributed by atoms with Gasteiger partial charge >= 0.3 is 0 Å². The third-order valence-corrected chi connectivity index (χ3v) is 3.71. The molecule has 1 N–H and O–H groups in total. The van der Waals surface area contributed by atoms with Gasteiger partial charge in [0.25, 0.3) is 5.91 Å². The van der Waals surface area contributed by atoms with Crippen molar-refractivity contribution in [2.45, 2.75) is 33.2 Å². The molecule has 1 aliphatic heterocycles. The Bertz CT molecular complexity index is 545. The van der Waals surface area contributed by atoms with E-state index in [0.717, 1.165) is 25.1 Å². The molecule has 1 heterocycles. The molecule has 0 unspecified atom stereocenters. The molecule has 0 saturated carbocycles. The molecule has 2 rings (SSSR count). The van der Waals surface area contributed by atoms with E-state index in [1.165, 1.54) is 11.1 Å². The molecule has 4 heteroatoms. The van der Waals surface area contributed by atoms with Gasteiger partial charge in [0.2, 0.25) is 0 Å². The first-order valence-corrected chi connectivity index (χ1v) is 7.60. The lowest BCUT2D eigenvalue weighted by atomic mass is 9.98. The Morgan fingerprint density at radius 3 is 2.95 bits per heavy atom. The summed E-state index contributed by atoms with van der Waals surface area (Å²) < 4.78 is 0. The van der Waals surface area contributed by atoms with Crippen LogP contribution in [0.25, 0.3) is 0 Å². The lowest BCUT2D eigenvalue weighted by molar-refractivity contribution is 0.0740. The summed E-state index contributed by atoms with van der Waals surface area (Å²) in [4.78, 5) is 14.5. The standard InChI is InChI=1S/C17H23N3O/c1-13(2)12-20(9-3-7-18)17(21)15-5-4-14-6-8-19-11-16(14)10-15/h4-5,10,13,19H,3,6,8-9,11-12H2,1-2H3. The molecule has 4 nitrogen and oxygen atoms in total. The molecule has 0 aliphatic carbocycles. The van der Waals surface area contributed by atoms with E-state index in [2.05, 4.69) is 31.3 Å². The van der Waals surface area contributed by atoms with Crippen molar-refractivity contribution in [3.63, 3.8) is 0 Å². The lowest BCUT2D eigenvalue weighted by Gasteiger charge is -2.25. The molecule has 0 atom stereocenters. The molecular formula is C17H23N3O. The highest BCUT2D eigenvalue weighted by Gasteiger charge is 2.18. The van der Waals surface area contributed by atoms with Gasteiger partial charge in [-0.15, -0.1) is 0 Å². The molecule has 1 aliphatic rings. The van der Waals surface area contributed by atoms with Crippen LogP contribution in [0.2, 0.25) is 0 Å². The Kier molecular flexibility index (Phi) is 5.35. The van der Waals surface area contributed by atoms with Crippen molar-refractivity contribution in [1.82, 2.24) is 10.2 Å². The van der Waals surface area contributed by atoms with Crippen LogP contribution in [0.1, 0.15) is 41.8 Å². The van der Waals surface area contributed by atoms with E-state index in [-0.39, 0.29) is 5.91 Å². The molecule has 0 aromatic heterocycles. The van der Waals surface area contributed by atoms with Gasteiger partial charge in [-0.05, 0) is 42.1 Å². The fourth-order valence-corrected chi connectivity index (χ4v) is 2.70. The first kappa shape index (κ1) is 15.5. The smallest absolute Gasteiger partial charge is 0.253 e. The van der Waals surface area contributed by atoms with Crippen LogP contribution in [-0.4, -0.2) is 30.4 Å². The number of fused-ring (bicyclic) bond motifs is 1. The summed E-state index contributed by atoms with van der Waals surface area (Å²) in [5.74, 6) is 0.430. The van der Waals surface area contributed by atoms with E-state index in [1.54, 1.807) is 4.90 Å². The van der Waals surface area contributed by atoms with E-state index < -0.39 is 0 Å². The molecule has 1 aromatic carbocycles. The number of carbonyl (C=O) groups excluding carboxylic acids is 1. The van der Waals surface area contributed by atoms with Crippen molar-refractivity contribution in [2.24, 2.45) is 5.92 Å². The van der Waals surface area contributed by atoms with E-state index in [9.17, 15) is 4.79 Å². The van der Waals surface area contributed by atoms with Crippen LogP contribution in [0, 0.1) is 17.2 Å². The van der Waals surface area contributed by atoms with Crippen molar-refractivity contribution in [2.75, 3.05) is 19.6 Å². The summed E-state index contributed by atoms with van der Waals surface area (Å²) in [6, 6.07) is 8.12. The number of amides is 1. The maximum atomic E-state index is 12.7. The summed E-state index contributed by atoms with van der Waals surface area (Å²) >= 11 is 0. The van der Waals surface area contributed by atoms with Crippen LogP contribution in [-0.2, 0) is 13.0 Å². The van der Waals surface area contributed by atoms with Crippen molar-refractivity contribution in [3.8, 4) is 6.07 Å². The number of rotatable bonds is 5. The molecule has 0 bridgehead atoms. The van der Waals surface area contributed by atoms with Crippen LogP contribution >= 0.6 is 0 Å². The minimum atomic E-state index is 0.0346. The van der Waals surface area contributed by atoms with Gasteiger partial charge in [0.05, 0.1) is 12.5 Å². The summed E-state index contributed by atoms with van der Waals surface area (Å²) in [6.07, 6.45) is 1.40. The van der Waals surface area contributed by atoms with Crippen molar-refractivity contribution in [3.05, 3.63) is 34.9 Å². The Balaban J connectivity index is 2.17. The molecular weight excluding hydrogens is 262 g/mol. The molecule has 1 amide bonds. The number of hydrogen-bond donors (Lipinski definition) is 1. The zero-order chi connectivity index (χ0) is 15.2. The molecule has 0 fully saturated rings. The van der Waals surface area contributed by atoms with Crippen LogP contribution in [0.5, 0.6) is 0 Å².